The van der Waals surface area contributed by atoms with E-state index in [0.29, 0.717) is 6.61 Å². The molecule has 1 aliphatic rings. The molecule has 0 heterocycles. The van der Waals surface area contributed by atoms with Crippen LogP contribution in [0.4, 0.5) is 0 Å². The maximum Gasteiger partial charge on any atom is 0.0658 e. The molecule has 2 nitrogen and oxygen atoms in total. The molecule has 1 atom stereocenters. The van der Waals surface area contributed by atoms with Crippen molar-refractivity contribution in [2.75, 3.05) is 13.2 Å². The van der Waals surface area contributed by atoms with Crippen molar-refractivity contribution in [2.24, 2.45) is 0 Å². The fourth-order valence-corrected chi connectivity index (χ4v) is 2.33. The molecule has 1 aromatic rings. The van der Waals surface area contributed by atoms with Crippen molar-refractivity contribution in [3.05, 3.63) is 35.9 Å². The van der Waals surface area contributed by atoms with Crippen LogP contribution in [0.1, 0.15) is 31.7 Å². The highest BCUT2D eigenvalue weighted by atomic mass is 16.5. The number of hydrogen-bond acceptors (Lipinski definition) is 2. The Bertz CT molecular complexity index is 317. The van der Waals surface area contributed by atoms with Gasteiger partial charge in [0, 0.05) is 18.6 Å². The molecule has 88 valence electrons. The highest BCUT2D eigenvalue weighted by molar-refractivity contribution is 5.32. The molecule has 1 fully saturated rings. The molecule has 0 aromatic heterocycles. The van der Waals surface area contributed by atoms with Crippen LogP contribution in [0.25, 0.3) is 0 Å². The molecule has 0 radical (unpaired) electrons. The minimum Gasteiger partial charge on any atom is -0.392 e. The zero-order valence-electron chi connectivity index (χ0n) is 9.86. The molecule has 0 spiro atoms. The maximum absolute atomic E-state index is 10.2. The second-order valence-corrected chi connectivity index (χ2v) is 4.52. The van der Waals surface area contributed by atoms with Gasteiger partial charge in [0.2, 0.25) is 0 Å². The van der Waals surface area contributed by atoms with E-state index >= 15 is 0 Å². The third-order valence-electron chi connectivity index (χ3n) is 3.51. The Kier molecular flexibility index (Phi) is 3.62. The minimum atomic E-state index is -0.263. The molecule has 1 aromatic carbocycles. The van der Waals surface area contributed by atoms with Gasteiger partial charge in [-0.1, -0.05) is 30.3 Å². The third kappa shape index (κ3) is 2.28. The number of benzene rings is 1. The summed E-state index contributed by atoms with van der Waals surface area (Å²) in [5.41, 5.74) is 1.30. The van der Waals surface area contributed by atoms with Gasteiger partial charge in [-0.15, -0.1) is 0 Å². The second kappa shape index (κ2) is 4.98. The first-order valence-electron chi connectivity index (χ1n) is 6.11. The molecule has 0 saturated heterocycles. The number of aliphatic hydroxyl groups excluding tert-OH is 1. The van der Waals surface area contributed by atoms with Crippen molar-refractivity contribution in [1.82, 2.24) is 0 Å². The normalized spacial score (nSPS) is 19.4. The number of ether oxygens (including phenoxy) is 1. The standard InChI is InChI=1S/C14H20O2/c1-2-16-11-8-13(15)14(9-10-14)12-6-4-3-5-7-12/h3-7,13,15H,2,8-11H2,1H3. The molecular weight excluding hydrogens is 200 g/mol. The molecule has 1 saturated carbocycles. The predicted octanol–water partition coefficient (Wildman–Crippen LogP) is 2.51. The zero-order chi connectivity index (χ0) is 11.4. The van der Waals surface area contributed by atoms with Gasteiger partial charge < -0.3 is 9.84 Å². The van der Waals surface area contributed by atoms with Gasteiger partial charge in [0.05, 0.1) is 6.10 Å². The summed E-state index contributed by atoms with van der Waals surface area (Å²) >= 11 is 0. The van der Waals surface area contributed by atoms with Gasteiger partial charge in [0.1, 0.15) is 0 Å². The van der Waals surface area contributed by atoms with E-state index in [1.807, 2.05) is 25.1 Å². The Morgan fingerprint density at radius 2 is 2.00 bits per heavy atom. The Labute approximate surface area is 97.3 Å². The van der Waals surface area contributed by atoms with E-state index in [2.05, 4.69) is 12.1 Å². The molecule has 1 N–H and O–H groups in total. The third-order valence-corrected chi connectivity index (χ3v) is 3.51. The summed E-state index contributed by atoms with van der Waals surface area (Å²) in [6, 6.07) is 10.4. The van der Waals surface area contributed by atoms with Crippen LogP contribution in [-0.4, -0.2) is 24.4 Å². The number of aliphatic hydroxyl groups is 1. The maximum atomic E-state index is 10.2. The zero-order valence-corrected chi connectivity index (χ0v) is 9.86. The molecular formula is C14H20O2. The van der Waals surface area contributed by atoms with Crippen molar-refractivity contribution >= 4 is 0 Å². The average Bonchev–Trinajstić information content (AvgIpc) is 3.12. The Balaban J connectivity index is 1.97. The molecule has 2 rings (SSSR count). The molecule has 0 amide bonds. The summed E-state index contributed by atoms with van der Waals surface area (Å²) in [4.78, 5) is 0. The van der Waals surface area contributed by atoms with E-state index in [0.717, 1.165) is 25.9 Å². The monoisotopic (exact) mass is 220 g/mol. The van der Waals surface area contributed by atoms with Crippen molar-refractivity contribution in [3.8, 4) is 0 Å². The van der Waals surface area contributed by atoms with E-state index in [-0.39, 0.29) is 11.5 Å². The lowest BCUT2D eigenvalue weighted by atomic mass is 9.88. The van der Waals surface area contributed by atoms with Crippen molar-refractivity contribution in [1.29, 1.82) is 0 Å². The molecule has 1 aliphatic carbocycles. The van der Waals surface area contributed by atoms with Gasteiger partial charge in [0.15, 0.2) is 0 Å². The van der Waals surface area contributed by atoms with Crippen LogP contribution in [0.15, 0.2) is 30.3 Å². The quantitative estimate of drug-likeness (QED) is 0.746. The lowest BCUT2D eigenvalue weighted by Gasteiger charge is -2.22. The first-order valence-corrected chi connectivity index (χ1v) is 6.11. The van der Waals surface area contributed by atoms with Crippen LogP contribution < -0.4 is 0 Å². The predicted molar refractivity (Wildman–Crippen MR) is 64.5 cm³/mol. The molecule has 16 heavy (non-hydrogen) atoms. The van der Waals surface area contributed by atoms with Gasteiger partial charge in [0.25, 0.3) is 0 Å². The molecule has 0 bridgehead atoms. The van der Waals surface area contributed by atoms with Crippen molar-refractivity contribution in [3.63, 3.8) is 0 Å². The molecule has 1 unspecified atom stereocenters. The van der Waals surface area contributed by atoms with Gasteiger partial charge in [-0.25, -0.2) is 0 Å². The van der Waals surface area contributed by atoms with Crippen molar-refractivity contribution < 1.29 is 9.84 Å². The largest absolute Gasteiger partial charge is 0.392 e. The smallest absolute Gasteiger partial charge is 0.0658 e. The lowest BCUT2D eigenvalue weighted by molar-refractivity contribution is 0.0675. The Morgan fingerprint density at radius 3 is 2.56 bits per heavy atom. The Morgan fingerprint density at radius 1 is 1.31 bits per heavy atom. The summed E-state index contributed by atoms with van der Waals surface area (Å²) in [5.74, 6) is 0. The summed E-state index contributed by atoms with van der Waals surface area (Å²) in [7, 11) is 0. The summed E-state index contributed by atoms with van der Waals surface area (Å²) in [5, 5.41) is 10.2. The van der Waals surface area contributed by atoms with E-state index in [1.165, 1.54) is 5.56 Å². The lowest BCUT2D eigenvalue weighted by Crippen LogP contribution is -2.27. The summed E-state index contributed by atoms with van der Waals surface area (Å²) in [6.07, 6.45) is 2.68. The van der Waals surface area contributed by atoms with Crippen LogP contribution in [0.5, 0.6) is 0 Å². The van der Waals surface area contributed by atoms with Gasteiger partial charge >= 0.3 is 0 Å². The van der Waals surface area contributed by atoms with Crippen LogP contribution in [0.2, 0.25) is 0 Å². The van der Waals surface area contributed by atoms with Crippen LogP contribution in [0.3, 0.4) is 0 Å². The highest BCUT2D eigenvalue weighted by Crippen LogP contribution is 2.51. The first-order chi connectivity index (χ1) is 7.79. The SMILES string of the molecule is CCOCCC(O)C1(c2ccccc2)CC1. The second-order valence-electron chi connectivity index (χ2n) is 4.52. The molecule has 0 aliphatic heterocycles. The average molecular weight is 220 g/mol. The fraction of sp³-hybridized carbons (Fsp3) is 0.571. The number of hydrogen-bond donors (Lipinski definition) is 1. The highest BCUT2D eigenvalue weighted by Gasteiger charge is 2.49. The summed E-state index contributed by atoms with van der Waals surface area (Å²) in [6.45, 7) is 3.37. The molecule has 2 heteroatoms. The van der Waals surface area contributed by atoms with Crippen LogP contribution in [0, 0.1) is 0 Å². The van der Waals surface area contributed by atoms with Gasteiger partial charge in [-0.05, 0) is 31.7 Å². The fourth-order valence-electron chi connectivity index (χ4n) is 2.33. The topological polar surface area (TPSA) is 29.5 Å². The van der Waals surface area contributed by atoms with Crippen LogP contribution in [-0.2, 0) is 10.2 Å². The van der Waals surface area contributed by atoms with Gasteiger partial charge in [-0.2, -0.15) is 0 Å². The Hall–Kier alpha value is -0.860. The van der Waals surface area contributed by atoms with E-state index in [9.17, 15) is 5.11 Å². The van der Waals surface area contributed by atoms with Crippen LogP contribution >= 0.6 is 0 Å². The van der Waals surface area contributed by atoms with E-state index in [4.69, 9.17) is 4.74 Å². The first kappa shape index (κ1) is 11.6. The minimum absolute atomic E-state index is 0.0262. The van der Waals surface area contributed by atoms with Crippen molar-refractivity contribution in [2.45, 2.75) is 37.7 Å². The van der Waals surface area contributed by atoms with E-state index in [1.54, 1.807) is 0 Å². The summed E-state index contributed by atoms with van der Waals surface area (Å²) < 4.78 is 5.30. The van der Waals surface area contributed by atoms with Gasteiger partial charge in [-0.3, -0.25) is 0 Å². The number of rotatable bonds is 6. The van der Waals surface area contributed by atoms with E-state index < -0.39 is 0 Å².